The van der Waals surface area contributed by atoms with Crippen molar-refractivity contribution in [3.63, 3.8) is 0 Å². The smallest absolute Gasteiger partial charge is 0.123 e. The second-order valence-electron chi connectivity index (χ2n) is 5.32. The fraction of sp³-hybridized carbons (Fsp3) is 0.0500. The van der Waals surface area contributed by atoms with Crippen LogP contribution >= 0.6 is 0 Å². The Morgan fingerprint density at radius 3 is 2.39 bits per heavy atom. The van der Waals surface area contributed by atoms with E-state index < -0.39 is 0 Å². The Morgan fingerprint density at radius 2 is 1.65 bits per heavy atom. The molecule has 0 aliphatic rings. The van der Waals surface area contributed by atoms with Crippen molar-refractivity contribution in [2.75, 3.05) is 5.43 Å². The van der Waals surface area contributed by atoms with Crippen LogP contribution in [-0.2, 0) is 0 Å². The first-order valence-electron chi connectivity index (χ1n) is 7.43. The molecule has 0 bridgehead atoms. The molecule has 0 heterocycles. The number of anilines is 1. The predicted octanol–water partition coefficient (Wildman–Crippen LogP) is 5.25. The minimum atomic E-state index is -0.219. The molecule has 0 aliphatic carbocycles. The van der Waals surface area contributed by atoms with Crippen molar-refractivity contribution in [1.29, 1.82) is 0 Å². The van der Waals surface area contributed by atoms with Crippen LogP contribution in [0.15, 0.2) is 77.9 Å². The Morgan fingerprint density at radius 1 is 0.913 bits per heavy atom. The topological polar surface area (TPSA) is 24.4 Å². The van der Waals surface area contributed by atoms with Gasteiger partial charge in [-0.15, -0.1) is 0 Å². The second-order valence-corrected chi connectivity index (χ2v) is 5.32. The summed E-state index contributed by atoms with van der Waals surface area (Å²) in [5, 5.41) is 4.21. The Hall–Kier alpha value is -2.94. The van der Waals surface area contributed by atoms with Gasteiger partial charge in [-0.3, -0.25) is 5.43 Å². The van der Waals surface area contributed by atoms with Crippen molar-refractivity contribution in [3.8, 4) is 11.1 Å². The van der Waals surface area contributed by atoms with Crippen molar-refractivity contribution in [2.24, 2.45) is 5.10 Å². The van der Waals surface area contributed by atoms with E-state index in [9.17, 15) is 4.39 Å². The molecule has 3 rings (SSSR count). The van der Waals surface area contributed by atoms with Gasteiger partial charge in [0.25, 0.3) is 0 Å². The Kier molecular flexibility index (Phi) is 4.48. The molecule has 23 heavy (non-hydrogen) atoms. The lowest BCUT2D eigenvalue weighted by atomic mass is 9.99. The van der Waals surface area contributed by atoms with Gasteiger partial charge in [0.15, 0.2) is 0 Å². The van der Waals surface area contributed by atoms with E-state index in [4.69, 9.17) is 0 Å². The molecule has 3 aromatic rings. The van der Waals surface area contributed by atoms with Crippen molar-refractivity contribution < 1.29 is 4.39 Å². The molecule has 0 spiro atoms. The number of benzene rings is 3. The first kappa shape index (κ1) is 15.0. The predicted molar refractivity (Wildman–Crippen MR) is 94.2 cm³/mol. The average molecular weight is 304 g/mol. The number of para-hydroxylation sites is 1. The maximum atomic E-state index is 13.4. The number of rotatable bonds is 4. The minimum absolute atomic E-state index is 0.219. The Labute approximate surface area is 135 Å². The third kappa shape index (κ3) is 3.83. The maximum Gasteiger partial charge on any atom is 0.123 e. The van der Waals surface area contributed by atoms with Crippen LogP contribution in [0.2, 0.25) is 0 Å². The molecule has 0 radical (unpaired) electrons. The van der Waals surface area contributed by atoms with Crippen LogP contribution in [0, 0.1) is 12.7 Å². The van der Waals surface area contributed by atoms with Gasteiger partial charge in [0.1, 0.15) is 5.82 Å². The van der Waals surface area contributed by atoms with Crippen LogP contribution in [0.5, 0.6) is 0 Å². The molecule has 0 amide bonds. The van der Waals surface area contributed by atoms with Gasteiger partial charge in [0.05, 0.1) is 11.9 Å². The molecule has 0 aromatic heterocycles. The largest absolute Gasteiger partial charge is 0.279 e. The van der Waals surface area contributed by atoms with E-state index in [0.717, 1.165) is 27.9 Å². The summed E-state index contributed by atoms with van der Waals surface area (Å²) in [4.78, 5) is 0. The van der Waals surface area contributed by atoms with E-state index in [-0.39, 0.29) is 5.82 Å². The summed E-state index contributed by atoms with van der Waals surface area (Å²) >= 11 is 0. The number of halogens is 1. The van der Waals surface area contributed by atoms with Gasteiger partial charge in [-0.25, -0.2) is 4.39 Å². The Balaban J connectivity index is 1.73. The van der Waals surface area contributed by atoms with E-state index in [1.54, 1.807) is 18.3 Å². The number of hydrogen-bond acceptors (Lipinski definition) is 2. The highest BCUT2D eigenvalue weighted by atomic mass is 19.1. The number of nitrogens with zero attached hydrogens (tertiary/aromatic N) is 1. The third-order valence-electron chi connectivity index (χ3n) is 3.60. The van der Waals surface area contributed by atoms with E-state index in [1.165, 1.54) is 6.07 Å². The summed E-state index contributed by atoms with van der Waals surface area (Å²) in [5.41, 5.74) is 7.86. The fourth-order valence-electron chi connectivity index (χ4n) is 2.35. The maximum absolute atomic E-state index is 13.4. The first-order valence-corrected chi connectivity index (χ1v) is 7.43. The summed E-state index contributed by atoms with van der Waals surface area (Å²) in [6, 6.07) is 22.5. The number of nitrogens with one attached hydrogen (secondary N) is 1. The summed E-state index contributed by atoms with van der Waals surface area (Å²) in [6.07, 6.45) is 1.76. The minimum Gasteiger partial charge on any atom is -0.279 e. The van der Waals surface area contributed by atoms with Gasteiger partial charge in [-0.05, 0) is 53.4 Å². The van der Waals surface area contributed by atoms with Gasteiger partial charge in [-0.1, -0.05) is 48.5 Å². The van der Waals surface area contributed by atoms with Crippen molar-refractivity contribution in [1.82, 2.24) is 0 Å². The molecule has 3 aromatic carbocycles. The van der Waals surface area contributed by atoms with E-state index in [0.29, 0.717) is 0 Å². The lowest BCUT2D eigenvalue weighted by Crippen LogP contribution is -1.90. The van der Waals surface area contributed by atoms with Crippen LogP contribution in [0.3, 0.4) is 0 Å². The third-order valence-corrected chi connectivity index (χ3v) is 3.60. The number of hydrogen-bond donors (Lipinski definition) is 1. The van der Waals surface area contributed by atoms with Crippen LogP contribution in [-0.4, -0.2) is 6.21 Å². The molecule has 114 valence electrons. The zero-order valence-corrected chi connectivity index (χ0v) is 12.8. The van der Waals surface area contributed by atoms with Crippen molar-refractivity contribution in [2.45, 2.75) is 6.92 Å². The molecule has 0 unspecified atom stereocenters. The molecular weight excluding hydrogens is 287 g/mol. The molecular formula is C20H17FN2. The average Bonchev–Trinajstić information content (AvgIpc) is 2.59. The molecule has 0 fully saturated rings. The lowest BCUT2D eigenvalue weighted by molar-refractivity contribution is 0.628. The van der Waals surface area contributed by atoms with E-state index in [1.807, 2.05) is 61.5 Å². The van der Waals surface area contributed by atoms with Gasteiger partial charge in [0, 0.05) is 0 Å². The summed E-state index contributed by atoms with van der Waals surface area (Å²) in [6.45, 7) is 1.98. The first-order chi connectivity index (χ1) is 11.2. The van der Waals surface area contributed by atoms with Crippen LogP contribution in [0.25, 0.3) is 11.1 Å². The molecule has 3 heteroatoms. The van der Waals surface area contributed by atoms with Crippen LogP contribution < -0.4 is 5.43 Å². The normalized spacial score (nSPS) is 10.9. The standard InChI is InChI=1S/C20H17FN2/c1-15-7-12-18(21)13-20(15)17-10-8-16(9-11-17)14-22-23-19-5-3-2-4-6-19/h2-14,23H,1H3. The van der Waals surface area contributed by atoms with Crippen LogP contribution in [0.4, 0.5) is 10.1 Å². The van der Waals surface area contributed by atoms with Gasteiger partial charge in [0.2, 0.25) is 0 Å². The summed E-state index contributed by atoms with van der Waals surface area (Å²) < 4.78 is 13.4. The van der Waals surface area contributed by atoms with Crippen molar-refractivity contribution >= 4 is 11.9 Å². The van der Waals surface area contributed by atoms with Gasteiger partial charge < -0.3 is 0 Å². The molecule has 0 aliphatic heterocycles. The van der Waals surface area contributed by atoms with E-state index in [2.05, 4.69) is 10.5 Å². The highest BCUT2D eigenvalue weighted by Gasteiger charge is 2.03. The number of aryl methyl sites for hydroxylation is 1. The number of hydrazone groups is 1. The van der Waals surface area contributed by atoms with Crippen LogP contribution in [0.1, 0.15) is 11.1 Å². The van der Waals surface area contributed by atoms with Gasteiger partial charge in [-0.2, -0.15) is 5.10 Å². The highest BCUT2D eigenvalue weighted by Crippen LogP contribution is 2.24. The fourth-order valence-corrected chi connectivity index (χ4v) is 2.35. The summed E-state index contributed by atoms with van der Waals surface area (Å²) in [5.74, 6) is -0.219. The monoisotopic (exact) mass is 304 g/mol. The summed E-state index contributed by atoms with van der Waals surface area (Å²) in [7, 11) is 0. The zero-order chi connectivity index (χ0) is 16.1. The van der Waals surface area contributed by atoms with E-state index >= 15 is 0 Å². The molecule has 1 N–H and O–H groups in total. The molecule has 0 atom stereocenters. The molecule has 2 nitrogen and oxygen atoms in total. The Bertz CT molecular complexity index is 809. The lowest BCUT2D eigenvalue weighted by Gasteiger charge is -2.06. The van der Waals surface area contributed by atoms with Crippen molar-refractivity contribution in [3.05, 3.63) is 89.7 Å². The zero-order valence-electron chi connectivity index (χ0n) is 12.8. The second kappa shape index (κ2) is 6.88. The molecule has 0 saturated carbocycles. The quantitative estimate of drug-likeness (QED) is 0.517. The highest BCUT2D eigenvalue weighted by molar-refractivity contribution is 5.81. The molecule has 0 saturated heterocycles. The van der Waals surface area contributed by atoms with Gasteiger partial charge >= 0.3 is 0 Å². The SMILES string of the molecule is Cc1ccc(F)cc1-c1ccc(C=NNc2ccccc2)cc1.